The molecule has 0 spiro atoms. The predicted molar refractivity (Wildman–Crippen MR) is 107 cm³/mol. The Morgan fingerprint density at radius 2 is 2.00 bits per heavy atom. The van der Waals surface area contributed by atoms with Gasteiger partial charge >= 0.3 is 0 Å². The van der Waals surface area contributed by atoms with Gasteiger partial charge in [0.1, 0.15) is 0 Å². The quantitative estimate of drug-likeness (QED) is 0.691. The fraction of sp³-hybridized carbons (Fsp3) is 0.421. The number of carbonyl (C=O) groups is 1. The molecular formula is C19H23BrN2O2S. The van der Waals surface area contributed by atoms with Crippen molar-refractivity contribution in [1.29, 1.82) is 0 Å². The molecule has 1 saturated heterocycles. The topological polar surface area (TPSA) is 32.8 Å². The molecule has 0 radical (unpaired) electrons. The van der Waals surface area contributed by atoms with Crippen molar-refractivity contribution in [3.05, 3.63) is 50.6 Å². The largest absolute Gasteiger partial charge is 0.378 e. The van der Waals surface area contributed by atoms with Gasteiger partial charge in [0, 0.05) is 39.5 Å². The second kappa shape index (κ2) is 8.34. The maximum Gasteiger partial charge on any atom is 0.264 e. The Hall–Kier alpha value is -1.37. The Morgan fingerprint density at radius 1 is 1.24 bits per heavy atom. The van der Waals surface area contributed by atoms with Crippen LogP contribution in [0.2, 0.25) is 0 Å². The molecule has 1 aliphatic rings. The van der Waals surface area contributed by atoms with E-state index in [0.29, 0.717) is 13.1 Å². The zero-order chi connectivity index (χ0) is 17.8. The standard InChI is InChI=1S/C19H23BrN2O2S/c1-21(2)15-7-5-14(6-8-15)12-22(13-16-4-3-11-24-16)19(23)17-9-10-18(20)25-17/h5-10,16H,3-4,11-13H2,1-2H3. The second-order valence-electron chi connectivity index (χ2n) is 6.49. The first-order valence-corrected chi connectivity index (χ1v) is 10.1. The molecule has 25 heavy (non-hydrogen) atoms. The van der Waals surface area contributed by atoms with Crippen LogP contribution in [-0.4, -0.2) is 44.2 Å². The summed E-state index contributed by atoms with van der Waals surface area (Å²) >= 11 is 4.92. The van der Waals surface area contributed by atoms with E-state index >= 15 is 0 Å². The third kappa shape index (κ3) is 4.84. The summed E-state index contributed by atoms with van der Waals surface area (Å²) in [6.07, 6.45) is 2.25. The highest BCUT2D eigenvalue weighted by Crippen LogP contribution is 2.25. The number of hydrogen-bond acceptors (Lipinski definition) is 4. The van der Waals surface area contributed by atoms with Crippen molar-refractivity contribution in [3.63, 3.8) is 0 Å². The van der Waals surface area contributed by atoms with Crippen LogP contribution in [0.5, 0.6) is 0 Å². The Morgan fingerprint density at radius 3 is 2.56 bits per heavy atom. The summed E-state index contributed by atoms with van der Waals surface area (Å²) < 4.78 is 6.73. The van der Waals surface area contributed by atoms with E-state index in [-0.39, 0.29) is 12.0 Å². The van der Waals surface area contributed by atoms with Gasteiger partial charge in [0.2, 0.25) is 0 Å². The van der Waals surface area contributed by atoms with Crippen molar-refractivity contribution >= 4 is 38.9 Å². The van der Waals surface area contributed by atoms with Crippen molar-refractivity contribution < 1.29 is 9.53 Å². The molecule has 2 heterocycles. The van der Waals surface area contributed by atoms with E-state index in [9.17, 15) is 4.79 Å². The van der Waals surface area contributed by atoms with Gasteiger partial charge in [0.25, 0.3) is 5.91 Å². The lowest BCUT2D eigenvalue weighted by atomic mass is 10.1. The number of hydrogen-bond donors (Lipinski definition) is 0. The predicted octanol–water partition coefficient (Wildman–Crippen LogP) is 4.40. The molecule has 1 aromatic carbocycles. The molecule has 1 unspecified atom stereocenters. The molecule has 0 saturated carbocycles. The Balaban J connectivity index is 1.76. The first-order chi connectivity index (χ1) is 12.0. The van der Waals surface area contributed by atoms with E-state index in [2.05, 4.69) is 45.1 Å². The summed E-state index contributed by atoms with van der Waals surface area (Å²) in [6.45, 7) is 2.04. The maximum atomic E-state index is 13.0. The molecule has 4 nitrogen and oxygen atoms in total. The first kappa shape index (κ1) is 18.4. The molecule has 3 rings (SSSR count). The Bertz CT molecular complexity index is 708. The number of rotatable bonds is 6. The smallest absolute Gasteiger partial charge is 0.264 e. The van der Waals surface area contributed by atoms with Crippen molar-refractivity contribution in [1.82, 2.24) is 4.90 Å². The normalized spacial score (nSPS) is 16.8. The van der Waals surface area contributed by atoms with Crippen molar-refractivity contribution in [2.75, 3.05) is 32.1 Å². The van der Waals surface area contributed by atoms with Crippen molar-refractivity contribution in [3.8, 4) is 0 Å². The van der Waals surface area contributed by atoms with Crippen LogP contribution in [0.1, 0.15) is 28.1 Å². The molecule has 6 heteroatoms. The number of benzene rings is 1. The second-order valence-corrected chi connectivity index (χ2v) is 8.95. The average Bonchev–Trinajstić information content (AvgIpc) is 3.26. The molecular weight excluding hydrogens is 400 g/mol. The molecule has 1 atom stereocenters. The van der Waals surface area contributed by atoms with E-state index in [1.54, 1.807) is 0 Å². The van der Waals surface area contributed by atoms with Gasteiger partial charge in [-0.05, 0) is 58.6 Å². The van der Waals surface area contributed by atoms with E-state index in [4.69, 9.17) is 4.74 Å². The van der Waals surface area contributed by atoms with Crippen molar-refractivity contribution in [2.45, 2.75) is 25.5 Å². The van der Waals surface area contributed by atoms with E-state index in [1.807, 2.05) is 31.1 Å². The number of ether oxygens (including phenoxy) is 1. The van der Waals surface area contributed by atoms with Crippen LogP contribution >= 0.6 is 27.3 Å². The molecule has 1 aromatic heterocycles. The molecule has 0 bridgehead atoms. The van der Waals surface area contributed by atoms with Crippen LogP contribution in [0.15, 0.2) is 40.2 Å². The highest BCUT2D eigenvalue weighted by Gasteiger charge is 2.24. The zero-order valence-electron chi connectivity index (χ0n) is 14.6. The minimum atomic E-state index is 0.0721. The SMILES string of the molecule is CN(C)c1ccc(CN(CC2CCCO2)C(=O)c2ccc(Br)s2)cc1. The van der Waals surface area contributed by atoms with Crippen LogP contribution in [0.4, 0.5) is 5.69 Å². The molecule has 1 aliphatic heterocycles. The van der Waals surface area contributed by atoms with Gasteiger partial charge in [-0.3, -0.25) is 4.79 Å². The van der Waals surface area contributed by atoms with Gasteiger partial charge < -0.3 is 14.5 Å². The minimum absolute atomic E-state index is 0.0721. The van der Waals surface area contributed by atoms with Gasteiger partial charge in [-0.25, -0.2) is 0 Å². The van der Waals surface area contributed by atoms with E-state index < -0.39 is 0 Å². The fourth-order valence-electron chi connectivity index (χ4n) is 2.96. The highest BCUT2D eigenvalue weighted by molar-refractivity contribution is 9.11. The average molecular weight is 423 g/mol. The van der Waals surface area contributed by atoms with Gasteiger partial charge in [-0.2, -0.15) is 0 Å². The Kier molecular flexibility index (Phi) is 6.15. The fourth-order valence-corrected chi connectivity index (χ4v) is 4.31. The third-order valence-corrected chi connectivity index (χ3v) is 5.96. The number of carbonyl (C=O) groups excluding carboxylic acids is 1. The summed E-state index contributed by atoms with van der Waals surface area (Å²) in [6, 6.07) is 12.2. The van der Waals surface area contributed by atoms with Crippen LogP contribution in [-0.2, 0) is 11.3 Å². The lowest BCUT2D eigenvalue weighted by molar-refractivity contribution is 0.0511. The summed E-state index contributed by atoms with van der Waals surface area (Å²) in [5, 5.41) is 0. The van der Waals surface area contributed by atoms with E-state index in [0.717, 1.165) is 39.4 Å². The number of anilines is 1. The van der Waals surface area contributed by atoms with Gasteiger partial charge in [0.05, 0.1) is 14.8 Å². The van der Waals surface area contributed by atoms with E-state index in [1.165, 1.54) is 11.3 Å². The third-order valence-electron chi connectivity index (χ3n) is 4.35. The van der Waals surface area contributed by atoms with Gasteiger partial charge in [0.15, 0.2) is 0 Å². The van der Waals surface area contributed by atoms with Gasteiger partial charge in [-0.1, -0.05) is 12.1 Å². The molecule has 0 aliphatic carbocycles. The summed E-state index contributed by atoms with van der Waals surface area (Å²) in [4.78, 5) is 17.7. The lowest BCUT2D eigenvalue weighted by Gasteiger charge is -2.25. The maximum absolute atomic E-state index is 13.0. The zero-order valence-corrected chi connectivity index (χ0v) is 17.0. The molecule has 2 aromatic rings. The Labute approximate surface area is 161 Å². The first-order valence-electron chi connectivity index (χ1n) is 8.45. The summed E-state index contributed by atoms with van der Waals surface area (Å²) in [7, 11) is 4.05. The van der Waals surface area contributed by atoms with Crippen LogP contribution in [0, 0.1) is 0 Å². The number of amides is 1. The monoisotopic (exact) mass is 422 g/mol. The van der Waals surface area contributed by atoms with Crippen LogP contribution < -0.4 is 4.90 Å². The van der Waals surface area contributed by atoms with Crippen LogP contribution in [0.3, 0.4) is 0 Å². The molecule has 1 fully saturated rings. The lowest BCUT2D eigenvalue weighted by Crippen LogP contribution is -2.36. The molecule has 134 valence electrons. The highest BCUT2D eigenvalue weighted by atomic mass is 79.9. The van der Waals surface area contributed by atoms with Gasteiger partial charge in [-0.15, -0.1) is 11.3 Å². The van der Waals surface area contributed by atoms with Crippen molar-refractivity contribution in [2.24, 2.45) is 0 Å². The number of thiophene rings is 1. The summed E-state index contributed by atoms with van der Waals surface area (Å²) in [5.41, 5.74) is 2.29. The molecule has 1 amide bonds. The minimum Gasteiger partial charge on any atom is -0.378 e. The van der Waals surface area contributed by atoms with Crippen LogP contribution in [0.25, 0.3) is 0 Å². The number of halogens is 1. The molecule has 0 N–H and O–H groups in total. The number of nitrogens with zero attached hydrogens (tertiary/aromatic N) is 2. The summed E-state index contributed by atoms with van der Waals surface area (Å²) in [5.74, 6) is 0.0721.